The lowest BCUT2D eigenvalue weighted by Crippen LogP contribution is -2.36. The number of benzene rings is 1. The number of hydrogen-bond donors (Lipinski definition) is 1. The molecule has 22 heavy (non-hydrogen) atoms. The van der Waals surface area contributed by atoms with Crippen molar-refractivity contribution in [2.75, 3.05) is 18.4 Å². The highest BCUT2D eigenvalue weighted by Crippen LogP contribution is 2.19. The molecule has 0 aliphatic carbocycles. The molecule has 114 valence electrons. The van der Waals surface area contributed by atoms with Crippen LogP contribution in [0, 0.1) is 5.82 Å². The molecular weight excluding hydrogens is 281 g/mol. The van der Waals surface area contributed by atoms with Gasteiger partial charge in [-0.1, -0.05) is 12.1 Å². The van der Waals surface area contributed by atoms with Crippen LogP contribution in [0.5, 0.6) is 0 Å². The monoisotopic (exact) mass is 299 g/mol. The number of pyridine rings is 1. The Kier molecular flexibility index (Phi) is 4.32. The number of piperidine rings is 1. The van der Waals surface area contributed by atoms with E-state index >= 15 is 0 Å². The molecule has 1 saturated heterocycles. The van der Waals surface area contributed by atoms with E-state index in [0.717, 1.165) is 25.9 Å². The van der Waals surface area contributed by atoms with Crippen molar-refractivity contribution in [3.05, 3.63) is 54.1 Å². The number of anilines is 2. The van der Waals surface area contributed by atoms with Crippen molar-refractivity contribution in [1.82, 2.24) is 9.88 Å². The summed E-state index contributed by atoms with van der Waals surface area (Å²) in [4.78, 5) is 18.4. The lowest BCUT2D eigenvalue weighted by atomic mass is 10.1. The second kappa shape index (κ2) is 6.56. The topological polar surface area (TPSA) is 45.2 Å². The van der Waals surface area contributed by atoms with Gasteiger partial charge in [-0.3, -0.25) is 4.79 Å². The van der Waals surface area contributed by atoms with Crippen LogP contribution in [0.4, 0.5) is 15.8 Å². The van der Waals surface area contributed by atoms with Crippen molar-refractivity contribution in [3.63, 3.8) is 0 Å². The van der Waals surface area contributed by atoms with Gasteiger partial charge in [-0.15, -0.1) is 0 Å². The molecule has 1 aliphatic heterocycles. The summed E-state index contributed by atoms with van der Waals surface area (Å²) in [5.74, 6) is -0.354. The molecule has 0 atom stereocenters. The molecule has 3 rings (SSSR count). The van der Waals surface area contributed by atoms with Crippen molar-refractivity contribution in [2.45, 2.75) is 19.3 Å². The van der Waals surface area contributed by atoms with Gasteiger partial charge in [0, 0.05) is 13.1 Å². The van der Waals surface area contributed by atoms with Gasteiger partial charge >= 0.3 is 0 Å². The van der Waals surface area contributed by atoms with E-state index in [1.54, 1.807) is 36.5 Å². The molecule has 4 nitrogen and oxygen atoms in total. The Morgan fingerprint density at radius 1 is 1.09 bits per heavy atom. The number of rotatable bonds is 3. The van der Waals surface area contributed by atoms with Gasteiger partial charge in [0.15, 0.2) is 0 Å². The number of para-hydroxylation sites is 1. The first kappa shape index (κ1) is 14.5. The van der Waals surface area contributed by atoms with Crippen molar-refractivity contribution in [2.24, 2.45) is 0 Å². The first-order chi connectivity index (χ1) is 10.7. The molecule has 1 aromatic heterocycles. The van der Waals surface area contributed by atoms with Crippen LogP contribution in [-0.2, 0) is 0 Å². The minimum absolute atomic E-state index is 0.0304. The number of carbonyl (C=O) groups is 1. The summed E-state index contributed by atoms with van der Waals surface area (Å²) in [7, 11) is 0. The minimum atomic E-state index is -0.323. The van der Waals surface area contributed by atoms with Gasteiger partial charge in [0.1, 0.15) is 11.5 Å². The normalized spacial score (nSPS) is 14.7. The number of halogens is 1. The summed E-state index contributed by atoms with van der Waals surface area (Å²) >= 11 is 0. The Bertz CT molecular complexity index is 651. The highest BCUT2D eigenvalue weighted by Gasteiger charge is 2.18. The second-order valence-corrected chi connectivity index (χ2v) is 5.39. The molecule has 0 unspecified atom stereocenters. The summed E-state index contributed by atoms with van der Waals surface area (Å²) in [5.41, 5.74) is 1.47. The summed E-state index contributed by atoms with van der Waals surface area (Å²) in [5, 5.41) is 2.96. The number of nitrogens with zero attached hydrogens (tertiary/aromatic N) is 2. The van der Waals surface area contributed by atoms with Crippen LogP contribution in [0.3, 0.4) is 0 Å². The van der Waals surface area contributed by atoms with Crippen LogP contribution in [-0.4, -0.2) is 28.9 Å². The molecule has 2 heterocycles. The lowest BCUT2D eigenvalue weighted by molar-refractivity contribution is 0.0718. The van der Waals surface area contributed by atoms with Gasteiger partial charge in [-0.05, 0) is 43.5 Å². The smallest absolute Gasteiger partial charge is 0.272 e. The number of carbonyl (C=O) groups excluding carboxylic acids is 1. The molecule has 0 spiro atoms. The molecule has 1 aliphatic rings. The number of nitrogens with one attached hydrogen (secondary N) is 1. The van der Waals surface area contributed by atoms with E-state index < -0.39 is 0 Å². The van der Waals surface area contributed by atoms with E-state index in [4.69, 9.17) is 0 Å². The fraction of sp³-hybridized carbons (Fsp3) is 0.294. The molecule has 1 N–H and O–H groups in total. The van der Waals surface area contributed by atoms with Crippen molar-refractivity contribution in [3.8, 4) is 0 Å². The Balaban J connectivity index is 1.70. The fourth-order valence-electron chi connectivity index (χ4n) is 2.57. The van der Waals surface area contributed by atoms with Crippen LogP contribution in [0.15, 0.2) is 42.6 Å². The first-order valence-corrected chi connectivity index (χ1v) is 7.51. The Morgan fingerprint density at radius 3 is 2.55 bits per heavy atom. The van der Waals surface area contributed by atoms with Gasteiger partial charge in [0.05, 0.1) is 17.6 Å². The van der Waals surface area contributed by atoms with E-state index in [-0.39, 0.29) is 11.7 Å². The fourth-order valence-corrected chi connectivity index (χ4v) is 2.57. The maximum absolute atomic E-state index is 13.6. The SMILES string of the molecule is O=C(c1ccc(Nc2ccccc2F)cn1)N1CCCCC1. The summed E-state index contributed by atoms with van der Waals surface area (Å²) in [6.45, 7) is 1.60. The molecule has 0 radical (unpaired) electrons. The highest BCUT2D eigenvalue weighted by molar-refractivity contribution is 5.92. The standard InChI is InChI=1S/C17H18FN3O/c18-14-6-2-3-7-15(14)20-13-8-9-16(19-12-13)17(22)21-10-4-1-5-11-21/h2-3,6-9,12,20H,1,4-5,10-11H2. The minimum Gasteiger partial charge on any atom is -0.352 e. The van der Waals surface area contributed by atoms with Gasteiger partial charge < -0.3 is 10.2 Å². The number of likely N-dealkylation sites (tertiary alicyclic amines) is 1. The third kappa shape index (κ3) is 3.24. The largest absolute Gasteiger partial charge is 0.352 e. The first-order valence-electron chi connectivity index (χ1n) is 7.51. The van der Waals surface area contributed by atoms with Gasteiger partial charge in [0.2, 0.25) is 0 Å². The zero-order valence-corrected chi connectivity index (χ0v) is 12.3. The molecule has 2 aromatic rings. The van der Waals surface area contributed by atoms with E-state index in [1.807, 2.05) is 4.90 Å². The van der Waals surface area contributed by atoms with Crippen LogP contribution >= 0.6 is 0 Å². The average Bonchev–Trinajstić information content (AvgIpc) is 2.58. The third-order valence-electron chi connectivity index (χ3n) is 3.78. The average molecular weight is 299 g/mol. The summed E-state index contributed by atoms with van der Waals surface area (Å²) in [6, 6.07) is 9.87. The van der Waals surface area contributed by atoms with E-state index in [0.29, 0.717) is 17.1 Å². The maximum atomic E-state index is 13.6. The molecule has 1 aromatic carbocycles. The number of aromatic nitrogens is 1. The third-order valence-corrected chi connectivity index (χ3v) is 3.78. The predicted molar refractivity (Wildman–Crippen MR) is 83.7 cm³/mol. The van der Waals surface area contributed by atoms with Gasteiger partial charge in [0.25, 0.3) is 5.91 Å². The Labute approximate surface area is 129 Å². The van der Waals surface area contributed by atoms with E-state index in [1.165, 1.54) is 12.5 Å². The number of hydrogen-bond acceptors (Lipinski definition) is 3. The van der Waals surface area contributed by atoms with Crippen LogP contribution < -0.4 is 5.32 Å². The van der Waals surface area contributed by atoms with E-state index in [9.17, 15) is 9.18 Å². The van der Waals surface area contributed by atoms with Crippen LogP contribution in [0.2, 0.25) is 0 Å². The van der Waals surface area contributed by atoms with Crippen molar-refractivity contribution < 1.29 is 9.18 Å². The van der Waals surface area contributed by atoms with E-state index in [2.05, 4.69) is 10.3 Å². The zero-order chi connectivity index (χ0) is 15.4. The zero-order valence-electron chi connectivity index (χ0n) is 12.3. The quantitative estimate of drug-likeness (QED) is 0.942. The maximum Gasteiger partial charge on any atom is 0.272 e. The van der Waals surface area contributed by atoms with Crippen molar-refractivity contribution >= 4 is 17.3 Å². The molecule has 0 saturated carbocycles. The highest BCUT2D eigenvalue weighted by atomic mass is 19.1. The lowest BCUT2D eigenvalue weighted by Gasteiger charge is -2.26. The summed E-state index contributed by atoms with van der Waals surface area (Å²) in [6.07, 6.45) is 4.85. The van der Waals surface area contributed by atoms with Gasteiger partial charge in [-0.25, -0.2) is 9.37 Å². The van der Waals surface area contributed by atoms with Gasteiger partial charge in [-0.2, -0.15) is 0 Å². The second-order valence-electron chi connectivity index (χ2n) is 5.39. The Hall–Kier alpha value is -2.43. The molecule has 5 heteroatoms. The molecule has 0 bridgehead atoms. The predicted octanol–water partition coefficient (Wildman–Crippen LogP) is 3.59. The van der Waals surface area contributed by atoms with Crippen LogP contribution in [0.1, 0.15) is 29.8 Å². The molecule has 1 amide bonds. The van der Waals surface area contributed by atoms with Crippen molar-refractivity contribution in [1.29, 1.82) is 0 Å². The molecular formula is C17H18FN3O. The van der Waals surface area contributed by atoms with Crippen LogP contribution in [0.25, 0.3) is 0 Å². The molecule has 1 fully saturated rings. The Morgan fingerprint density at radius 2 is 1.86 bits per heavy atom. The summed E-state index contributed by atoms with van der Waals surface area (Å²) < 4.78 is 13.6. The number of amides is 1.